The van der Waals surface area contributed by atoms with Gasteiger partial charge in [-0.3, -0.25) is 4.79 Å². The first-order valence-corrected chi connectivity index (χ1v) is 3.23. The molecule has 8 heavy (non-hydrogen) atoms. The summed E-state index contributed by atoms with van der Waals surface area (Å²) in [5, 5.41) is 0.0440. The normalized spacial score (nSPS) is 9.25. The lowest BCUT2D eigenvalue weighted by Crippen LogP contribution is -2.00. The van der Waals surface area contributed by atoms with Crippen molar-refractivity contribution >= 4 is 16.9 Å². The third-order valence-electron chi connectivity index (χ3n) is 0.525. The van der Waals surface area contributed by atoms with Gasteiger partial charge in [-0.25, -0.2) is 0 Å². The number of thioether (sulfide) groups is 1. The molecule has 1 radical (unpaired) electrons. The fourth-order valence-electron chi connectivity index (χ4n) is 0.273. The topological polar surface area (TPSA) is 26.3 Å². The predicted molar refractivity (Wildman–Crippen MR) is 34.7 cm³/mol. The van der Waals surface area contributed by atoms with Crippen LogP contribution in [0.2, 0.25) is 0 Å². The smallest absolute Gasteiger partial charge is 0.214 e. The molecule has 0 fully saturated rings. The summed E-state index contributed by atoms with van der Waals surface area (Å²) in [6.07, 6.45) is 0. The molecular formula is C5H9O2S. The summed E-state index contributed by atoms with van der Waals surface area (Å²) in [4.78, 5) is 10.4. The summed E-state index contributed by atoms with van der Waals surface area (Å²) >= 11 is 1.18. The molecule has 0 heterocycles. The van der Waals surface area contributed by atoms with Gasteiger partial charge in [0.05, 0.1) is 0 Å². The summed E-state index contributed by atoms with van der Waals surface area (Å²) in [7, 11) is 1.50. The Balaban J connectivity index is 3.06. The maximum Gasteiger partial charge on any atom is 0.214 e. The van der Waals surface area contributed by atoms with E-state index in [1.54, 1.807) is 0 Å². The van der Waals surface area contributed by atoms with Crippen molar-refractivity contribution in [2.24, 2.45) is 0 Å². The summed E-state index contributed by atoms with van der Waals surface area (Å²) in [6.45, 7) is 3.69. The van der Waals surface area contributed by atoms with E-state index in [1.807, 2.05) is 0 Å². The van der Waals surface area contributed by atoms with Gasteiger partial charge in [0.25, 0.3) is 0 Å². The fraction of sp³-hybridized carbons (Fsp3) is 0.600. The number of carbonyl (C=O) groups is 1. The quantitative estimate of drug-likeness (QED) is 0.567. The van der Waals surface area contributed by atoms with Crippen molar-refractivity contribution in [2.45, 2.75) is 0 Å². The summed E-state index contributed by atoms with van der Waals surface area (Å²) in [5.74, 6) is 0.586. The minimum absolute atomic E-state index is 0.0440. The highest BCUT2D eigenvalue weighted by Crippen LogP contribution is 1.98. The van der Waals surface area contributed by atoms with Crippen LogP contribution in [0.1, 0.15) is 0 Å². The Morgan fingerprint density at radius 3 is 2.88 bits per heavy atom. The van der Waals surface area contributed by atoms with Gasteiger partial charge in [-0.1, -0.05) is 11.8 Å². The van der Waals surface area contributed by atoms with Crippen LogP contribution in [0.3, 0.4) is 0 Å². The van der Waals surface area contributed by atoms with Gasteiger partial charge in [0, 0.05) is 12.9 Å². The number of hydrogen-bond acceptors (Lipinski definition) is 3. The third kappa shape index (κ3) is 4.15. The third-order valence-corrected chi connectivity index (χ3v) is 1.17. The second kappa shape index (κ2) is 5.12. The van der Waals surface area contributed by atoms with Crippen molar-refractivity contribution in [2.75, 3.05) is 19.5 Å². The Labute approximate surface area is 53.6 Å². The second-order valence-corrected chi connectivity index (χ2v) is 2.31. The van der Waals surface area contributed by atoms with Crippen molar-refractivity contribution in [3.05, 3.63) is 6.92 Å². The van der Waals surface area contributed by atoms with Crippen LogP contribution >= 0.6 is 11.8 Å². The summed E-state index contributed by atoms with van der Waals surface area (Å²) < 4.78 is 4.56. The van der Waals surface area contributed by atoms with Gasteiger partial charge < -0.3 is 4.74 Å². The lowest BCUT2D eigenvalue weighted by atomic mass is 10.8. The lowest BCUT2D eigenvalue weighted by Gasteiger charge is -1.92. The van der Waals surface area contributed by atoms with Crippen molar-refractivity contribution in [3.8, 4) is 0 Å². The van der Waals surface area contributed by atoms with E-state index in [2.05, 4.69) is 11.7 Å². The van der Waals surface area contributed by atoms with Crippen LogP contribution in [0.4, 0.5) is 0 Å². The van der Waals surface area contributed by atoms with E-state index in [0.717, 1.165) is 0 Å². The van der Waals surface area contributed by atoms with Crippen molar-refractivity contribution in [1.82, 2.24) is 0 Å². The largest absolute Gasteiger partial charge is 0.376 e. The fourth-order valence-corrected chi connectivity index (χ4v) is 0.702. The van der Waals surface area contributed by atoms with E-state index in [-0.39, 0.29) is 11.7 Å². The van der Waals surface area contributed by atoms with E-state index in [0.29, 0.717) is 5.75 Å². The van der Waals surface area contributed by atoms with Gasteiger partial charge in [-0.2, -0.15) is 0 Å². The van der Waals surface area contributed by atoms with E-state index in [1.165, 1.54) is 18.9 Å². The molecule has 0 aromatic heterocycles. The van der Waals surface area contributed by atoms with Crippen LogP contribution in [0.5, 0.6) is 0 Å². The van der Waals surface area contributed by atoms with Crippen LogP contribution in [-0.4, -0.2) is 24.6 Å². The molecular weight excluding hydrogens is 124 g/mol. The highest BCUT2D eigenvalue weighted by molar-refractivity contribution is 8.13. The lowest BCUT2D eigenvalue weighted by molar-refractivity contribution is -0.114. The molecule has 0 aromatic carbocycles. The first-order valence-electron chi connectivity index (χ1n) is 2.25. The van der Waals surface area contributed by atoms with Gasteiger partial charge in [0.1, 0.15) is 6.61 Å². The minimum Gasteiger partial charge on any atom is -0.376 e. The average molecular weight is 133 g/mol. The van der Waals surface area contributed by atoms with Crippen LogP contribution in [0, 0.1) is 6.92 Å². The van der Waals surface area contributed by atoms with Gasteiger partial charge in [0.2, 0.25) is 5.12 Å². The first kappa shape index (κ1) is 7.98. The van der Waals surface area contributed by atoms with E-state index in [9.17, 15) is 4.79 Å². The number of carbonyl (C=O) groups excluding carboxylic acids is 1. The average Bonchev–Trinajstić information content (AvgIpc) is 1.68. The molecule has 0 aliphatic carbocycles. The zero-order valence-electron chi connectivity index (χ0n) is 4.85. The van der Waals surface area contributed by atoms with E-state index < -0.39 is 0 Å². The second-order valence-electron chi connectivity index (χ2n) is 1.15. The Morgan fingerprint density at radius 1 is 1.88 bits per heavy atom. The van der Waals surface area contributed by atoms with Gasteiger partial charge in [-0.15, -0.1) is 0 Å². The van der Waals surface area contributed by atoms with Crippen molar-refractivity contribution < 1.29 is 9.53 Å². The number of hydrogen-bond donors (Lipinski definition) is 0. The molecule has 0 unspecified atom stereocenters. The van der Waals surface area contributed by atoms with E-state index in [4.69, 9.17) is 0 Å². The summed E-state index contributed by atoms with van der Waals surface area (Å²) in [6, 6.07) is 0. The Kier molecular flexibility index (Phi) is 5.11. The molecule has 0 N–H and O–H groups in total. The Hall–Kier alpha value is -0.0200. The number of ether oxygens (including phenoxy) is 1. The number of rotatable bonds is 3. The molecule has 3 heteroatoms. The van der Waals surface area contributed by atoms with E-state index >= 15 is 0 Å². The first-order chi connectivity index (χ1) is 3.81. The zero-order valence-corrected chi connectivity index (χ0v) is 5.66. The van der Waals surface area contributed by atoms with Crippen molar-refractivity contribution in [1.29, 1.82) is 0 Å². The maximum absolute atomic E-state index is 10.4. The molecule has 2 nitrogen and oxygen atoms in total. The molecule has 0 aliphatic rings. The molecule has 0 bridgehead atoms. The van der Waals surface area contributed by atoms with Crippen molar-refractivity contribution in [3.63, 3.8) is 0 Å². The standard InChI is InChI=1S/C5H9O2S/c1-3-8-5(6)4-7-2/h1,3-4H2,2H3. The van der Waals surface area contributed by atoms with Crippen LogP contribution in [0.25, 0.3) is 0 Å². The molecule has 0 spiro atoms. The monoisotopic (exact) mass is 133 g/mol. The van der Waals surface area contributed by atoms with Gasteiger partial charge in [-0.05, 0) is 6.92 Å². The maximum atomic E-state index is 10.4. The molecule has 0 saturated heterocycles. The van der Waals surface area contributed by atoms with Crippen LogP contribution in [0.15, 0.2) is 0 Å². The highest BCUT2D eigenvalue weighted by Gasteiger charge is 1.96. The molecule has 47 valence electrons. The molecule has 0 aliphatic heterocycles. The Morgan fingerprint density at radius 2 is 2.50 bits per heavy atom. The molecule has 0 amide bonds. The molecule has 0 aromatic rings. The SMILES string of the molecule is [CH2]CSC(=O)COC. The molecule has 0 atom stereocenters. The predicted octanol–water partition coefficient (Wildman–Crippen LogP) is 0.727. The zero-order chi connectivity index (χ0) is 6.41. The number of methoxy groups -OCH3 is 1. The minimum atomic E-state index is 0.0440. The van der Waals surface area contributed by atoms with Gasteiger partial charge in [0.15, 0.2) is 0 Å². The molecule has 0 rings (SSSR count). The summed E-state index contributed by atoms with van der Waals surface area (Å²) in [5.41, 5.74) is 0. The van der Waals surface area contributed by atoms with Crippen LogP contribution in [-0.2, 0) is 9.53 Å². The molecule has 0 saturated carbocycles. The highest BCUT2D eigenvalue weighted by atomic mass is 32.2. The van der Waals surface area contributed by atoms with Crippen LogP contribution < -0.4 is 0 Å². The van der Waals surface area contributed by atoms with Gasteiger partial charge >= 0.3 is 0 Å². The Bertz CT molecular complexity index is 64.8.